The van der Waals surface area contributed by atoms with Crippen molar-refractivity contribution in [2.45, 2.75) is 51.8 Å². The fourth-order valence-corrected chi connectivity index (χ4v) is 1.80. The van der Waals surface area contributed by atoms with Crippen LogP contribution in [0, 0.1) is 0 Å². The summed E-state index contributed by atoms with van der Waals surface area (Å²) in [6, 6.07) is -1.60. The van der Waals surface area contributed by atoms with Crippen LogP contribution >= 0.6 is 0 Å². The molecule has 0 saturated carbocycles. The van der Waals surface area contributed by atoms with Crippen molar-refractivity contribution < 1.29 is 24.2 Å². The summed E-state index contributed by atoms with van der Waals surface area (Å²) in [6.07, 6.45) is -0.286. The van der Waals surface area contributed by atoms with Gasteiger partial charge in [0, 0.05) is 6.54 Å². The molecule has 1 fully saturated rings. The second-order valence-corrected chi connectivity index (χ2v) is 5.53. The Morgan fingerprint density at radius 2 is 2.05 bits per heavy atom. The third kappa shape index (κ3) is 4.11. The Hall–Kier alpha value is -1.79. The molecule has 0 unspecified atom stereocenters. The first-order valence-electron chi connectivity index (χ1n) is 6.14. The first kappa shape index (κ1) is 15.3. The number of alkyl carbamates (subject to hydrolysis) is 1. The highest BCUT2D eigenvalue weighted by Crippen LogP contribution is 2.15. The predicted molar refractivity (Wildman–Crippen MR) is 66.6 cm³/mol. The van der Waals surface area contributed by atoms with Gasteiger partial charge in [-0.15, -0.1) is 0 Å². The molecule has 19 heavy (non-hydrogen) atoms. The third-order valence-electron chi connectivity index (χ3n) is 2.76. The van der Waals surface area contributed by atoms with E-state index >= 15 is 0 Å². The van der Waals surface area contributed by atoms with Crippen LogP contribution in [0.2, 0.25) is 0 Å². The van der Waals surface area contributed by atoms with Gasteiger partial charge in [0.25, 0.3) is 0 Å². The van der Waals surface area contributed by atoms with Gasteiger partial charge in [-0.1, -0.05) is 0 Å². The van der Waals surface area contributed by atoms with Gasteiger partial charge in [-0.3, -0.25) is 4.79 Å². The van der Waals surface area contributed by atoms with Crippen molar-refractivity contribution in [3.8, 4) is 0 Å². The molecule has 2 N–H and O–H groups in total. The van der Waals surface area contributed by atoms with Crippen LogP contribution in [-0.2, 0) is 14.3 Å². The van der Waals surface area contributed by atoms with Crippen molar-refractivity contribution in [2.24, 2.45) is 0 Å². The van der Waals surface area contributed by atoms with Gasteiger partial charge < -0.3 is 20.1 Å². The van der Waals surface area contributed by atoms with Crippen LogP contribution in [0.15, 0.2) is 0 Å². The maximum absolute atomic E-state index is 11.9. The van der Waals surface area contributed by atoms with Crippen molar-refractivity contribution >= 4 is 18.0 Å². The highest BCUT2D eigenvalue weighted by molar-refractivity contribution is 5.90. The van der Waals surface area contributed by atoms with Gasteiger partial charge >= 0.3 is 12.1 Å². The number of amides is 2. The van der Waals surface area contributed by atoms with Gasteiger partial charge in [-0.05, 0) is 34.1 Å². The van der Waals surface area contributed by atoms with E-state index in [2.05, 4.69) is 5.32 Å². The lowest BCUT2D eigenvalue weighted by Crippen LogP contribution is -2.47. The number of nitrogens with one attached hydrogen (secondary N) is 1. The van der Waals surface area contributed by atoms with Crippen molar-refractivity contribution in [1.29, 1.82) is 0 Å². The summed E-state index contributed by atoms with van der Waals surface area (Å²) in [5.41, 5.74) is -0.639. The van der Waals surface area contributed by atoms with Gasteiger partial charge in [-0.2, -0.15) is 0 Å². The van der Waals surface area contributed by atoms with E-state index in [9.17, 15) is 14.4 Å². The molecular weight excluding hydrogens is 252 g/mol. The lowest BCUT2D eigenvalue weighted by molar-refractivity contribution is -0.147. The number of carbonyl (C=O) groups is 3. The molecule has 7 nitrogen and oxygen atoms in total. The summed E-state index contributed by atoms with van der Waals surface area (Å²) in [6.45, 7) is 6.93. The second-order valence-electron chi connectivity index (χ2n) is 5.53. The topological polar surface area (TPSA) is 95.9 Å². The van der Waals surface area contributed by atoms with E-state index in [4.69, 9.17) is 9.84 Å². The van der Waals surface area contributed by atoms with Crippen LogP contribution in [-0.4, -0.2) is 52.2 Å². The molecular formula is C12H20N2O5. The molecule has 0 aromatic carbocycles. The van der Waals surface area contributed by atoms with Crippen molar-refractivity contribution in [1.82, 2.24) is 10.2 Å². The Morgan fingerprint density at radius 1 is 1.47 bits per heavy atom. The standard InChI is InChI=1S/C12H20N2O5/c1-7(10(16)17)14-6-5-8(9(14)15)13-11(18)19-12(2,3)4/h7-8H,5-6H2,1-4H3,(H,13,18)(H,16,17)/t7-,8-/m0/s1. The zero-order chi connectivity index (χ0) is 14.8. The Labute approximate surface area is 111 Å². The van der Waals surface area contributed by atoms with Crippen LogP contribution in [0.4, 0.5) is 4.79 Å². The van der Waals surface area contributed by atoms with Crippen molar-refractivity contribution in [3.63, 3.8) is 0 Å². The molecule has 108 valence electrons. The SMILES string of the molecule is C[C@@H](C(=O)O)N1CC[C@H](NC(=O)OC(C)(C)C)C1=O. The fourth-order valence-electron chi connectivity index (χ4n) is 1.80. The number of ether oxygens (including phenoxy) is 1. The maximum Gasteiger partial charge on any atom is 0.408 e. The number of likely N-dealkylation sites (tertiary alicyclic amines) is 1. The van der Waals surface area contributed by atoms with Gasteiger partial charge in [0.05, 0.1) is 0 Å². The molecule has 1 rings (SSSR count). The van der Waals surface area contributed by atoms with Gasteiger partial charge in [0.2, 0.25) is 5.91 Å². The van der Waals surface area contributed by atoms with Crippen molar-refractivity contribution in [3.05, 3.63) is 0 Å². The van der Waals surface area contributed by atoms with Crippen LogP contribution in [0.25, 0.3) is 0 Å². The van der Waals surface area contributed by atoms with Crippen LogP contribution in [0.3, 0.4) is 0 Å². The summed E-state index contributed by atoms with van der Waals surface area (Å²) < 4.78 is 5.05. The largest absolute Gasteiger partial charge is 0.480 e. The minimum atomic E-state index is -1.06. The fraction of sp³-hybridized carbons (Fsp3) is 0.750. The van der Waals surface area contributed by atoms with E-state index in [0.717, 1.165) is 0 Å². The zero-order valence-corrected chi connectivity index (χ0v) is 11.6. The van der Waals surface area contributed by atoms with Gasteiger partial charge in [-0.25, -0.2) is 9.59 Å². The summed E-state index contributed by atoms with van der Waals surface area (Å²) in [5, 5.41) is 11.3. The first-order valence-corrected chi connectivity index (χ1v) is 6.14. The average Bonchev–Trinajstić information content (AvgIpc) is 2.56. The van der Waals surface area contributed by atoms with E-state index in [1.165, 1.54) is 11.8 Å². The number of nitrogens with zero attached hydrogens (tertiary/aromatic N) is 1. The number of rotatable bonds is 3. The smallest absolute Gasteiger partial charge is 0.408 e. The molecule has 0 aliphatic carbocycles. The molecule has 0 aromatic rings. The molecule has 0 aromatic heterocycles. The molecule has 1 saturated heterocycles. The average molecular weight is 272 g/mol. The molecule has 2 atom stereocenters. The van der Waals surface area contributed by atoms with Crippen LogP contribution in [0.1, 0.15) is 34.1 Å². The normalized spacial score (nSPS) is 21.2. The molecule has 0 radical (unpaired) electrons. The van der Waals surface area contributed by atoms with Gasteiger partial charge in [0.15, 0.2) is 0 Å². The van der Waals surface area contributed by atoms with E-state index in [1.54, 1.807) is 20.8 Å². The Bertz CT molecular complexity index is 388. The summed E-state index contributed by atoms with van der Waals surface area (Å²) in [7, 11) is 0. The molecule has 0 bridgehead atoms. The molecule has 7 heteroatoms. The minimum Gasteiger partial charge on any atom is -0.480 e. The Morgan fingerprint density at radius 3 is 2.53 bits per heavy atom. The number of carboxylic acids is 1. The Kier molecular flexibility index (Phi) is 4.39. The number of aliphatic carboxylic acids is 1. The number of carbonyl (C=O) groups excluding carboxylic acids is 2. The lowest BCUT2D eigenvalue weighted by Gasteiger charge is -2.23. The second kappa shape index (κ2) is 5.46. The van der Waals surface area contributed by atoms with Crippen molar-refractivity contribution in [2.75, 3.05) is 6.54 Å². The monoisotopic (exact) mass is 272 g/mol. The quantitative estimate of drug-likeness (QED) is 0.783. The summed E-state index contributed by atoms with van der Waals surface area (Å²) >= 11 is 0. The zero-order valence-electron chi connectivity index (χ0n) is 11.6. The minimum absolute atomic E-state index is 0.312. The summed E-state index contributed by atoms with van der Waals surface area (Å²) in [5.74, 6) is -1.45. The molecule has 1 heterocycles. The van der Waals surface area contributed by atoms with E-state index < -0.39 is 29.7 Å². The van der Waals surface area contributed by atoms with E-state index in [1.807, 2.05) is 0 Å². The molecule has 1 aliphatic heterocycles. The third-order valence-corrected chi connectivity index (χ3v) is 2.76. The highest BCUT2D eigenvalue weighted by atomic mass is 16.6. The highest BCUT2D eigenvalue weighted by Gasteiger charge is 2.38. The van der Waals surface area contributed by atoms with E-state index in [-0.39, 0.29) is 5.91 Å². The number of carboxylic acid groups (broad SMARTS) is 1. The number of hydrogen-bond donors (Lipinski definition) is 2. The van der Waals surface area contributed by atoms with Gasteiger partial charge in [0.1, 0.15) is 17.7 Å². The van der Waals surface area contributed by atoms with E-state index in [0.29, 0.717) is 13.0 Å². The Balaban J connectivity index is 2.57. The lowest BCUT2D eigenvalue weighted by atomic mass is 10.2. The molecule has 2 amide bonds. The predicted octanol–water partition coefficient (Wildman–Crippen LogP) is 0.585. The number of hydrogen-bond acceptors (Lipinski definition) is 4. The summed E-state index contributed by atoms with van der Waals surface area (Å²) in [4.78, 5) is 35.6. The molecule has 0 spiro atoms. The maximum atomic E-state index is 11.9. The first-order chi connectivity index (χ1) is 8.61. The van der Waals surface area contributed by atoms with Crippen LogP contribution < -0.4 is 5.32 Å². The van der Waals surface area contributed by atoms with Crippen LogP contribution in [0.5, 0.6) is 0 Å². The molecule has 1 aliphatic rings.